The molecule has 1 unspecified atom stereocenters. The molecular weight excluding hydrogens is 401 g/mol. The summed E-state index contributed by atoms with van der Waals surface area (Å²) in [7, 11) is 0. The van der Waals surface area contributed by atoms with E-state index in [1.54, 1.807) is 24.4 Å². The van der Waals surface area contributed by atoms with Crippen molar-refractivity contribution in [2.45, 2.75) is 6.10 Å². The molecule has 1 aromatic heterocycles. The summed E-state index contributed by atoms with van der Waals surface area (Å²) >= 11 is 6.76. The number of benzene rings is 2. The Bertz CT molecular complexity index is 822. The largest absolute Gasteiger partial charge is 0.383 e. The van der Waals surface area contributed by atoms with Crippen LogP contribution in [0.1, 0.15) is 17.2 Å². The third-order valence-corrected chi connectivity index (χ3v) is 4.48. The standard InChI is InChI=1S/C16H10Br2FNO/c17-9-3-6-14(19)12(8-9)16(21)11-4-5-13(18)10-2-1-7-20-15(10)11/h1-8,16,21H. The minimum Gasteiger partial charge on any atom is -0.383 e. The molecule has 0 radical (unpaired) electrons. The lowest BCUT2D eigenvalue weighted by atomic mass is 9.98. The van der Waals surface area contributed by atoms with Crippen LogP contribution in [-0.4, -0.2) is 10.1 Å². The normalized spacial score (nSPS) is 12.6. The van der Waals surface area contributed by atoms with Gasteiger partial charge in [0.05, 0.1) is 5.52 Å². The zero-order valence-corrected chi connectivity index (χ0v) is 13.9. The summed E-state index contributed by atoms with van der Waals surface area (Å²) in [6, 6.07) is 11.8. The third kappa shape index (κ3) is 2.73. The Morgan fingerprint density at radius 1 is 1.05 bits per heavy atom. The van der Waals surface area contributed by atoms with Crippen LogP contribution in [0.5, 0.6) is 0 Å². The lowest BCUT2D eigenvalue weighted by Gasteiger charge is -2.15. The van der Waals surface area contributed by atoms with Gasteiger partial charge in [-0.3, -0.25) is 4.98 Å². The highest BCUT2D eigenvalue weighted by atomic mass is 79.9. The molecule has 0 aliphatic carbocycles. The van der Waals surface area contributed by atoms with Crippen LogP contribution in [0.3, 0.4) is 0 Å². The van der Waals surface area contributed by atoms with Gasteiger partial charge in [0.15, 0.2) is 0 Å². The van der Waals surface area contributed by atoms with Crippen LogP contribution >= 0.6 is 31.9 Å². The van der Waals surface area contributed by atoms with Crippen LogP contribution in [0.15, 0.2) is 57.6 Å². The number of aromatic nitrogens is 1. The Balaban J connectivity index is 2.20. The van der Waals surface area contributed by atoms with E-state index in [1.807, 2.05) is 18.2 Å². The molecule has 0 amide bonds. The van der Waals surface area contributed by atoms with Gasteiger partial charge in [0.2, 0.25) is 0 Å². The number of hydrogen-bond acceptors (Lipinski definition) is 2. The summed E-state index contributed by atoms with van der Waals surface area (Å²) in [5, 5.41) is 11.4. The SMILES string of the molecule is OC(c1cc(Br)ccc1F)c1ccc(Br)c2cccnc12. The molecule has 0 fully saturated rings. The summed E-state index contributed by atoms with van der Waals surface area (Å²) in [4.78, 5) is 4.32. The number of aliphatic hydroxyl groups is 1. The summed E-state index contributed by atoms with van der Waals surface area (Å²) in [6.45, 7) is 0. The van der Waals surface area contributed by atoms with Crippen molar-refractivity contribution in [3.63, 3.8) is 0 Å². The number of nitrogens with zero attached hydrogens (tertiary/aromatic N) is 1. The van der Waals surface area contributed by atoms with Gasteiger partial charge in [0.1, 0.15) is 11.9 Å². The summed E-state index contributed by atoms with van der Waals surface area (Å²) in [6.07, 6.45) is 0.579. The van der Waals surface area contributed by atoms with E-state index in [9.17, 15) is 9.50 Å². The minimum atomic E-state index is -1.08. The van der Waals surface area contributed by atoms with Gasteiger partial charge in [-0.25, -0.2) is 4.39 Å². The van der Waals surface area contributed by atoms with Crippen molar-refractivity contribution in [2.75, 3.05) is 0 Å². The van der Waals surface area contributed by atoms with E-state index < -0.39 is 11.9 Å². The van der Waals surface area contributed by atoms with Gasteiger partial charge in [0, 0.05) is 31.7 Å². The number of pyridine rings is 1. The fourth-order valence-electron chi connectivity index (χ4n) is 2.27. The molecule has 0 saturated carbocycles. The molecule has 1 N–H and O–H groups in total. The van der Waals surface area contributed by atoms with E-state index in [-0.39, 0.29) is 5.56 Å². The third-order valence-electron chi connectivity index (χ3n) is 3.29. The molecule has 106 valence electrons. The Labute approximate surface area is 137 Å². The zero-order chi connectivity index (χ0) is 15.0. The topological polar surface area (TPSA) is 33.1 Å². The van der Waals surface area contributed by atoms with Crippen molar-refractivity contribution in [2.24, 2.45) is 0 Å². The first-order valence-electron chi connectivity index (χ1n) is 6.24. The van der Waals surface area contributed by atoms with Crippen molar-refractivity contribution in [1.82, 2.24) is 4.98 Å². The van der Waals surface area contributed by atoms with Gasteiger partial charge >= 0.3 is 0 Å². The first-order chi connectivity index (χ1) is 10.1. The van der Waals surface area contributed by atoms with Crippen molar-refractivity contribution < 1.29 is 9.50 Å². The maximum Gasteiger partial charge on any atom is 0.129 e. The predicted molar refractivity (Wildman–Crippen MR) is 87.6 cm³/mol. The monoisotopic (exact) mass is 409 g/mol. The molecule has 2 nitrogen and oxygen atoms in total. The van der Waals surface area contributed by atoms with Crippen molar-refractivity contribution in [3.8, 4) is 0 Å². The quantitative estimate of drug-likeness (QED) is 0.646. The van der Waals surface area contributed by atoms with E-state index >= 15 is 0 Å². The van der Waals surface area contributed by atoms with E-state index in [1.165, 1.54) is 6.07 Å². The Kier molecular flexibility index (Phi) is 4.06. The van der Waals surface area contributed by atoms with Crippen LogP contribution < -0.4 is 0 Å². The second-order valence-electron chi connectivity index (χ2n) is 4.60. The first kappa shape index (κ1) is 14.6. The average Bonchev–Trinajstić information content (AvgIpc) is 2.50. The second-order valence-corrected chi connectivity index (χ2v) is 6.37. The molecule has 0 saturated heterocycles. The molecule has 5 heteroatoms. The lowest BCUT2D eigenvalue weighted by molar-refractivity contribution is 0.216. The molecular formula is C16H10Br2FNO. The number of aliphatic hydroxyl groups excluding tert-OH is 1. The Hall–Kier alpha value is -1.30. The molecule has 0 aliphatic rings. The summed E-state index contributed by atoms with van der Waals surface area (Å²) in [5.41, 5.74) is 1.45. The van der Waals surface area contributed by atoms with Gasteiger partial charge in [0.25, 0.3) is 0 Å². The number of halogens is 3. The zero-order valence-electron chi connectivity index (χ0n) is 10.7. The molecule has 21 heavy (non-hydrogen) atoms. The van der Waals surface area contributed by atoms with E-state index in [4.69, 9.17) is 0 Å². The second kappa shape index (κ2) is 5.83. The lowest BCUT2D eigenvalue weighted by Crippen LogP contribution is -2.04. The van der Waals surface area contributed by atoms with Crippen LogP contribution in [-0.2, 0) is 0 Å². The maximum absolute atomic E-state index is 14.0. The molecule has 1 heterocycles. The van der Waals surface area contributed by atoms with E-state index in [0.29, 0.717) is 15.6 Å². The number of fused-ring (bicyclic) bond motifs is 1. The molecule has 3 rings (SSSR count). The van der Waals surface area contributed by atoms with Crippen LogP contribution in [0.4, 0.5) is 4.39 Å². The first-order valence-corrected chi connectivity index (χ1v) is 7.82. The van der Waals surface area contributed by atoms with E-state index in [2.05, 4.69) is 36.8 Å². The molecule has 0 spiro atoms. The average molecular weight is 411 g/mol. The molecule has 0 aliphatic heterocycles. The molecule has 1 atom stereocenters. The highest BCUT2D eigenvalue weighted by molar-refractivity contribution is 9.11. The fourth-order valence-corrected chi connectivity index (χ4v) is 3.10. The molecule has 2 aromatic carbocycles. The van der Waals surface area contributed by atoms with Crippen molar-refractivity contribution >= 4 is 42.8 Å². The number of rotatable bonds is 2. The Morgan fingerprint density at radius 2 is 1.86 bits per heavy atom. The van der Waals surface area contributed by atoms with E-state index in [0.717, 1.165) is 9.86 Å². The summed E-state index contributed by atoms with van der Waals surface area (Å²) < 4.78 is 15.6. The van der Waals surface area contributed by atoms with Gasteiger partial charge in [-0.05, 0) is 30.3 Å². The van der Waals surface area contributed by atoms with Crippen LogP contribution in [0.2, 0.25) is 0 Å². The molecule has 3 aromatic rings. The minimum absolute atomic E-state index is 0.221. The van der Waals surface area contributed by atoms with Gasteiger partial charge < -0.3 is 5.11 Å². The maximum atomic E-state index is 14.0. The predicted octanol–water partition coefficient (Wildman–Crippen LogP) is 4.98. The Morgan fingerprint density at radius 3 is 2.67 bits per heavy atom. The van der Waals surface area contributed by atoms with Crippen LogP contribution in [0.25, 0.3) is 10.9 Å². The van der Waals surface area contributed by atoms with Crippen molar-refractivity contribution in [3.05, 3.63) is 74.6 Å². The van der Waals surface area contributed by atoms with Gasteiger partial charge in [-0.1, -0.05) is 44.0 Å². The molecule has 0 bridgehead atoms. The number of hydrogen-bond donors (Lipinski definition) is 1. The van der Waals surface area contributed by atoms with Gasteiger partial charge in [-0.2, -0.15) is 0 Å². The summed E-state index contributed by atoms with van der Waals surface area (Å²) in [5.74, 6) is -0.447. The van der Waals surface area contributed by atoms with Crippen LogP contribution in [0, 0.1) is 5.82 Å². The van der Waals surface area contributed by atoms with Crippen molar-refractivity contribution in [1.29, 1.82) is 0 Å². The smallest absolute Gasteiger partial charge is 0.129 e. The highest BCUT2D eigenvalue weighted by Crippen LogP contribution is 2.33. The highest BCUT2D eigenvalue weighted by Gasteiger charge is 2.19. The van der Waals surface area contributed by atoms with Gasteiger partial charge in [-0.15, -0.1) is 0 Å². The fraction of sp³-hybridized carbons (Fsp3) is 0.0625.